The van der Waals surface area contributed by atoms with Crippen LogP contribution in [0.15, 0.2) is 65.1 Å². The predicted molar refractivity (Wildman–Crippen MR) is 117 cm³/mol. The molecule has 0 spiro atoms. The lowest BCUT2D eigenvalue weighted by Gasteiger charge is -2.03. The molecule has 0 amide bonds. The fourth-order valence-corrected chi connectivity index (χ4v) is 4.76. The summed E-state index contributed by atoms with van der Waals surface area (Å²) >= 11 is 3.38. The van der Waals surface area contributed by atoms with Gasteiger partial charge in [0.25, 0.3) is 0 Å². The molecule has 0 unspecified atom stereocenters. The Balaban J connectivity index is 1.37. The topological polar surface area (TPSA) is 43.6 Å². The van der Waals surface area contributed by atoms with E-state index < -0.39 is 0 Å². The molecule has 0 atom stereocenters. The van der Waals surface area contributed by atoms with Gasteiger partial charge in [0.15, 0.2) is 5.16 Å². The number of hydrogen-bond acceptors (Lipinski definition) is 5. The summed E-state index contributed by atoms with van der Waals surface area (Å²) in [5.41, 5.74) is 4.85. The summed E-state index contributed by atoms with van der Waals surface area (Å²) in [6.07, 6.45) is 1.87. The summed E-state index contributed by atoms with van der Waals surface area (Å²) in [6.45, 7) is 2.11. The first kappa shape index (κ1) is 18.9. The van der Waals surface area contributed by atoms with E-state index in [2.05, 4.69) is 75.6 Å². The molecule has 0 aliphatic rings. The van der Waals surface area contributed by atoms with Crippen LogP contribution in [0.1, 0.15) is 22.6 Å². The zero-order valence-corrected chi connectivity index (χ0v) is 17.6. The van der Waals surface area contributed by atoms with Crippen LogP contribution in [0.3, 0.4) is 0 Å². The smallest absolute Gasteiger partial charge is 0.191 e. The predicted octanol–water partition coefficient (Wildman–Crippen LogP) is 5.32. The molecular weight excluding hydrogens is 384 g/mol. The molecule has 2 aromatic heterocycles. The van der Waals surface area contributed by atoms with E-state index in [1.54, 1.807) is 23.1 Å². The lowest BCUT2D eigenvalue weighted by molar-refractivity contribution is 0.722. The van der Waals surface area contributed by atoms with Crippen molar-refractivity contribution >= 4 is 23.1 Å². The molecule has 4 nitrogen and oxygen atoms in total. The second-order valence-electron chi connectivity index (χ2n) is 6.75. The minimum Gasteiger partial charge on any atom is -0.309 e. The van der Waals surface area contributed by atoms with Crippen LogP contribution in [0.4, 0.5) is 0 Å². The van der Waals surface area contributed by atoms with Crippen LogP contribution in [0.25, 0.3) is 10.6 Å². The van der Waals surface area contributed by atoms with E-state index in [0.717, 1.165) is 40.3 Å². The van der Waals surface area contributed by atoms with Crippen molar-refractivity contribution in [2.24, 2.45) is 7.05 Å². The van der Waals surface area contributed by atoms with Gasteiger partial charge >= 0.3 is 0 Å². The monoisotopic (exact) mass is 406 g/mol. The number of nitrogens with zero attached hydrogens (tertiary/aromatic N) is 4. The van der Waals surface area contributed by atoms with Gasteiger partial charge in [0.1, 0.15) is 10.8 Å². The molecule has 0 N–H and O–H groups in total. The number of aromatic nitrogens is 4. The molecule has 4 rings (SSSR count). The van der Waals surface area contributed by atoms with E-state index in [0.29, 0.717) is 0 Å². The van der Waals surface area contributed by atoms with Gasteiger partial charge in [-0.3, -0.25) is 0 Å². The van der Waals surface area contributed by atoms with E-state index in [-0.39, 0.29) is 0 Å². The quantitative estimate of drug-likeness (QED) is 0.389. The van der Waals surface area contributed by atoms with Crippen molar-refractivity contribution < 1.29 is 0 Å². The standard InChI is InChI=1S/C22H22N4S2/c1-16-7-6-10-18(13-16)21-23-19(14-27-21)15-28-22-25-24-20(26(22)2)12-11-17-8-4-3-5-9-17/h3-10,13-14H,11-12,15H2,1-2H3. The number of thioether (sulfide) groups is 1. The number of hydrogen-bond donors (Lipinski definition) is 0. The molecule has 4 aromatic rings. The van der Waals surface area contributed by atoms with Crippen molar-refractivity contribution in [1.82, 2.24) is 19.7 Å². The SMILES string of the molecule is Cc1cccc(-c2nc(CSc3nnc(CCc4ccccc4)n3C)cs2)c1. The Labute approximate surface area is 173 Å². The third-order valence-corrected chi connectivity index (χ3v) is 6.57. The molecule has 0 saturated carbocycles. The number of rotatable bonds is 7. The zero-order chi connectivity index (χ0) is 19.3. The van der Waals surface area contributed by atoms with Gasteiger partial charge in [-0.05, 0) is 25.0 Å². The minimum atomic E-state index is 0.799. The Kier molecular flexibility index (Phi) is 5.88. The molecule has 28 heavy (non-hydrogen) atoms. The molecule has 6 heteroatoms. The van der Waals surface area contributed by atoms with Crippen LogP contribution in [0, 0.1) is 6.92 Å². The maximum atomic E-state index is 4.79. The first-order valence-electron chi connectivity index (χ1n) is 9.25. The summed E-state index contributed by atoms with van der Waals surface area (Å²) in [5, 5.41) is 12.9. The summed E-state index contributed by atoms with van der Waals surface area (Å²) in [4.78, 5) is 4.79. The van der Waals surface area contributed by atoms with Crippen molar-refractivity contribution in [3.05, 3.63) is 82.6 Å². The van der Waals surface area contributed by atoms with E-state index >= 15 is 0 Å². The maximum absolute atomic E-state index is 4.79. The molecule has 2 heterocycles. The van der Waals surface area contributed by atoms with Crippen LogP contribution in [-0.2, 0) is 25.6 Å². The lowest BCUT2D eigenvalue weighted by Crippen LogP contribution is -2.01. The Morgan fingerprint density at radius 1 is 1.00 bits per heavy atom. The zero-order valence-electron chi connectivity index (χ0n) is 16.0. The van der Waals surface area contributed by atoms with Gasteiger partial charge in [-0.25, -0.2) is 4.98 Å². The van der Waals surface area contributed by atoms with E-state index in [9.17, 15) is 0 Å². The van der Waals surface area contributed by atoms with Crippen LogP contribution in [-0.4, -0.2) is 19.7 Å². The molecule has 0 bridgehead atoms. The fraction of sp³-hybridized carbons (Fsp3) is 0.227. The first-order valence-corrected chi connectivity index (χ1v) is 11.1. The first-order chi connectivity index (χ1) is 13.7. The fourth-order valence-electron chi connectivity index (χ4n) is 3.01. The van der Waals surface area contributed by atoms with Crippen LogP contribution < -0.4 is 0 Å². The molecule has 0 fully saturated rings. The van der Waals surface area contributed by atoms with E-state index in [4.69, 9.17) is 4.98 Å². The Bertz CT molecular complexity index is 1050. The van der Waals surface area contributed by atoms with Crippen molar-refractivity contribution in [3.8, 4) is 10.6 Å². The highest BCUT2D eigenvalue weighted by molar-refractivity contribution is 7.98. The largest absolute Gasteiger partial charge is 0.309 e. The van der Waals surface area contributed by atoms with Crippen molar-refractivity contribution in [1.29, 1.82) is 0 Å². The van der Waals surface area contributed by atoms with Gasteiger partial charge < -0.3 is 4.57 Å². The molecular formula is C22H22N4S2. The normalized spacial score (nSPS) is 11.1. The minimum absolute atomic E-state index is 0.799. The second kappa shape index (κ2) is 8.71. The Morgan fingerprint density at radius 2 is 1.86 bits per heavy atom. The molecule has 0 aliphatic carbocycles. The highest BCUT2D eigenvalue weighted by Gasteiger charge is 2.11. The summed E-state index contributed by atoms with van der Waals surface area (Å²) < 4.78 is 2.10. The van der Waals surface area contributed by atoms with E-state index in [1.165, 1.54) is 16.7 Å². The number of thiazole rings is 1. The van der Waals surface area contributed by atoms with Gasteiger partial charge in [-0.15, -0.1) is 21.5 Å². The lowest BCUT2D eigenvalue weighted by atomic mass is 10.1. The average molecular weight is 407 g/mol. The van der Waals surface area contributed by atoms with Gasteiger partial charge in [-0.1, -0.05) is 65.9 Å². The molecule has 0 radical (unpaired) electrons. The van der Waals surface area contributed by atoms with Gasteiger partial charge in [0, 0.05) is 30.2 Å². The van der Waals surface area contributed by atoms with Crippen molar-refractivity contribution in [2.75, 3.05) is 0 Å². The summed E-state index contributed by atoms with van der Waals surface area (Å²) in [5.74, 6) is 1.82. The second-order valence-corrected chi connectivity index (χ2v) is 8.55. The van der Waals surface area contributed by atoms with Crippen LogP contribution in [0.5, 0.6) is 0 Å². The number of benzene rings is 2. The highest BCUT2D eigenvalue weighted by Crippen LogP contribution is 2.28. The molecule has 0 saturated heterocycles. The highest BCUT2D eigenvalue weighted by atomic mass is 32.2. The van der Waals surface area contributed by atoms with Gasteiger partial charge in [0.05, 0.1) is 5.69 Å². The molecule has 2 aromatic carbocycles. The number of aryl methyl sites for hydroxylation is 3. The maximum Gasteiger partial charge on any atom is 0.191 e. The molecule has 0 aliphatic heterocycles. The summed E-state index contributed by atoms with van der Waals surface area (Å²) in [7, 11) is 2.04. The Hall–Kier alpha value is -2.44. The van der Waals surface area contributed by atoms with Crippen molar-refractivity contribution in [3.63, 3.8) is 0 Å². The van der Waals surface area contributed by atoms with Crippen LogP contribution >= 0.6 is 23.1 Å². The Morgan fingerprint density at radius 3 is 2.68 bits per heavy atom. The van der Waals surface area contributed by atoms with E-state index in [1.807, 2.05) is 13.1 Å². The average Bonchev–Trinajstić information content (AvgIpc) is 3.32. The van der Waals surface area contributed by atoms with Gasteiger partial charge in [0.2, 0.25) is 0 Å². The molecule has 142 valence electrons. The van der Waals surface area contributed by atoms with Crippen molar-refractivity contribution in [2.45, 2.75) is 30.7 Å². The third-order valence-electron chi connectivity index (χ3n) is 4.57. The van der Waals surface area contributed by atoms with Crippen LogP contribution in [0.2, 0.25) is 0 Å². The van der Waals surface area contributed by atoms with Gasteiger partial charge in [-0.2, -0.15) is 0 Å². The summed E-state index contributed by atoms with van der Waals surface area (Å²) in [6, 6.07) is 19.0. The third kappa shape index (κ3) is 4.51.